The number of carbonyl (C=O) groups excluding carboxylic acids is 3. The fraction of sp³-hybridized carbons (Fsp3) is 0.500. The van der Waals surface area contributed by atoms with E-state index >= 15 is 0 Å². The molecule has 1 heterocycles. The topological polar surface area (TPSA) is 109 Å². The van der Waals surface area contributed by atoms with Crippen LogP contribution in [0.3, 0.4) is 0 Å². The van der Waals surface area contributed by atoms with Crippen LogP contribution in [0.15, 0.2) is 40.7 Å². The van der Waals surface area contributed by atoms with Crippen molar-refractivity contribution >= 4 is 17.7 Å². The summed E-state index contributed by atoms with van der Waals surface area (Å²) < 4.78 is 26.5. The van der Waals surface area contributed by atoms with Crippen LogP contribution >= 0.6 is 0 Å². The molecular formula is C26H33NO8. The van der Waals surface area contributed by atoms with Gasteiger partial charge >= 0.3 is 11.9 Å². The zero-order chi connectivity index (χ0) is 25.7. The zero-order valence-electron chi connectivity index (χ0n) is 21.1. The van der Waals surface area contributed by atoms with Crippen molar-refractivity contribution in [1.82, 2.24) is 5.32 Å². The average Bonchev–Trinajstić information content (AvgIpc) is 2.83. The largest absolute Gasteiger partial charge is 0.493 e. The number of hydrogen-bond donors (Lipinski definition) is 1. The minimum Gasteiger partial charge on any atom is -0.493 e. The van der Waals surface area contributed by atoms with Crippen LogP contribution in [0.5, 0.6) is 11.5 Å². The van der Waals surface area contributed by atoms with Gasteiger partial charge in [0.2, 0.25) is 0 Å². The van der Waals surface area contributed by atoms with Crippen molar-refractivity contribution in [2.45, 2.75) is 33.1 Å². The molecule has 0 aromatic heterocycles. The zero-order valence-corrected chi connectivity index (χ0v) is 21.1. The third-order valence-corrected chi connectivity index (χ3v) is 6.30. The Kier molecular flexibility index (Phi) is 8.56. The van der Waals surface area contributed by atoms with Gasteiger partial charge in [-0.3, -0.25) is 9.59 Å². The number of methoxy groups -OCH3 is 3. The first-order chi connectivity index (χ1) is 16.8. The van der Waals surface area contributed by atoms with Gasteiger partial charge < -0.3 is 29.0 Å². The van der Waals surface area contributed by atoms with Crippen LogP contribution in [0.4, 0.5) is 0 Å². The minimum absolute atomic E-state index is 0.0626. The number of dihydropyridines is 1. The van der Waals surface area contributed by atoms with E-state index in [1.165, 1.54) is 21.3 Å². The number of ketones is 1. The normalized spacial score (nSPS) is 21.8. The Hall–Kier alpha value is -3.33. The number of benzene rings is 1. The van der Waals surface area contributed by atoms with E-state index in [2.05, 4.69) is 5.32 Å². The highest BCUT2D eigenvalue weighted by Crippen LogP contribution is 2.46. The van der Waals surface area contributed by atoms with Gasteiger partial charge in [0.15, 0.2) is 17.3 Å². The molecule has 190 valence electrons. The first kappa shape index (κ1) is 26.3. The molecule has 0 amide bonds. The molecule has 1 aromatic carbocycles. The van der Waals surface area contributed by atoms with E-state index in [0.717, 1.165) is 0 Å². The maximum atomic E-state index is 13.8. The lowest BCUT2D eigenvalue weighted by atomic mass is 9.69. The lowest BCUT2D eigenvalue weighted by Gasteiger charge is -2.38. The predicted molar refractivity (Wildman–Crippen MR) is 127 cm³/mol. The van der Waals surface area contributed by atoms with E-state index in [9.17, 15) is 14.4 Å². The van der Waals surface area contributed by atoms with Crippen LogP contribution < -0.4 is 14.8 Å². The molecular weight excluding hydrogens is 454 g/mol. The molecule has 1 N–H and O–H groups in total. The lowest BCUT2D eigenvalue weighted by Crippen LogP contribution is -2.43. The van der Waals surface area contributed by atoms with Gasteiger partial charge in [0.1, 0.15) is 12.5 Å². The van der Waals surface area contributed by atoms with Crippen LogP contribution in [0.2, 0.25) is 0 Å². The molecule has 0 bridgehead atoms. The smallest absolute Gasteiger partial charge is 0.336 e. The molecule has 0 fully saturated rings. The second-order valence-corrected chi connectivity index (χ2v) is 8.51. The summed E-state index contributed by atoms with van der Waals surface area (Å²) in [6.45, 7) is 6.23. The van der Waals surface area contributed by atoms with Gasteiger partial charge in [-0.15, -0.1) is 0 Å². The highest BCUT2D eigenvalue weighted by Gasteiger charge is 2.47. The van der Waals surface area contributed by atoms with Crippen LogP contribution in [0.1, 0.15) is 38.7 Å². The maximum Gasteiger partial charge on any atom is 0.336 e. The Morgan fingerprint density at radius 2 is 1.86 bits per heavy atom. The lowest BCUT2D eigenvalue weighted by molar-refractivity contribution is -0.151. The summed E-state index contributed by atoms with van der Waals surface area (Å²) in [6.07, 6.45) is 0.453. The molecule has 3 unspecified atom stereocenters. The quantitative estimate of drug-likeness (QED) is 0.319. The third kappa shape index (κ3) is 5.19. The molecule has 1 aliphatic carbocycles. The predicted octanol–water partition coefficient (Wildman–Crippen LogP) is 2.90. The molecule has 9 nitrogen and oxygen atoms in total. The molecule has 35 heavy (non-hydrogen) atoms. The number of hydrogen-bond acceptors (Lipinski definition) is 9. The number of allylic oxidation sites excluding steroid dienone is 3. The standard InChI is InChI=1S/C26H33NO8/c1-7-34-18-9-8-16(13-19(18)32-5)22-21(26(30)35-11-10-31-4)15(3)27-17-12-14(2)20(25(29)33-6)24(28)23(17)22/h8-9,13-14,20,22,27H,7,10-12H2,1-6H3. The fourth-order valence-corrected chi connectivity index (χ4v) is 4.72. The summed E-state index contributed by atoms with van der Waals surface area (Å²) in [7, 11) is 4.31. The summed E-state index contributed by atoms with van der Waals surface area (Å²) in [6, 6.07) is 5.29. The second kappa shape index (κ2) is 11.4. The Balaban J connectivity index is 2.17. The molecule has 3 atom stereocenters. The molecule has 0 spiro atoms. The molecule has 0 radical (unpaired) electrons. The first-order valence-electron chi connectivity index (χ1n) is 11.6. The Labute approximate surface area is 205 Å². The summed E-state index contributed by atoms with van der Waals surface area (Å²) in [4.78, 5) is 39.6. The number of carbonyl (C=O) groups is 3. The molecule has 1 aliphatic heterocycles. The molecule has 1 aromatic rings. The van der Waals surface area contributed by atoms with Crippen molar-refractivity contribution in [2.24, 2.45) is 11.8 Å². The van der Waals surface area contributed by atoms with Crippen molar-refractivity contribution in [3.8, 4) is 11.5 Å². The monoisotopic (exact) mass is 487 g/mol. The van der Waals surface area contributed by atoms with Crippen LogP contribution in [0, 0.1) is 11.8 Å². The summed E-state index contributed by atoms with van der Waals surface area (Å²) in [5, 5.41) is 3.24. The number of ether oxygens (including phenoxy) is 5. The van der Waals surface area contributed by atoms with Gasteiger partial charge in [-0.2, -0.15) is 0 Å². The van der Waals surface area contributed by atoms with E-state index < -0.39 is 23.8 Å². The maximum absolute atomic E-state index is 13.8. The first-order valence-corrected chi connectivity index (χ1v) is 11.6. The highest BCUT2D eigenvalue weighted by atomic mass is 16.6. The van der Waals surface area contributed by atoms with Crippen molar-refractivity contribution in [3.63, 3.8) is 0 Å². The Morgan fingerprint density at radius 3 is 2.49 bits per heavy atom. The van der Waals surface area contributed by atoms with E-state index in [1.54, 1.807) is 25.1 Å². The molecule has 2 aliphatic rings. The number of rotatable bonds is 9. The molecule has 3 rings (SSSR count). The van der Waals surface area contributed by atoms with Gasteiger partial charge in [0.25, 0.3) is 0 Å². The van der Waals surface area contributed by atoms with E-state index in [4.69, 9.17) is 23.7 Å². The highest BCUT2D eigenvalue weighted by molar-refractivity contribution is 6.12. The van der Waals surface area contributed by atoms with E-state index in [-0.39, 0.29) is 30.5 Å². The fourth-order valence-electron chi connectivity index (χ4n) is 4.72. The van der Waals surface area contributed by atoms with Gasteiger partial charge in [-0.05, 0) is 43.9 Å². The van der Waals surface area contributed by atoms with E-state index in [0.29, 0.717) is 47.1 Å². The summed E-state index contributed by atoms with van der Waals surface area (Å²) in [5.41, 5.74) is 2.56. The Bertz CT molecular complexity index is 1060. The minimum atomic E-state index is -0.961. The second-order valence-electron chi connectivity index (χ2n) is 8.51. The van der Waals surface area contributed by atoms with Gasteiger partial charge in [0, 0.05) is 30.0 Å². The average molecular weight is 488 g/mol. The van der Waals surface area contributed by atoms with Gasteiger partial charge in [-0.25, -0.2) is 4.79 Å². The number of nitrogens with one attached hydrogen (secondary N) is 1. The Morgan fingerprint density at radius 1 is 1.11 bits per heavy atom. The molecule has 9 heteroatoms. The number of esters is 2. The van der Waals surface area contributed by atoms with Crippen molar-refractivity contribution in [3.05, 3.63) is 46.3 Å². The van der Waals surface area contributed by atoms with Gasteiger partial charge in [0.05, 0.1) is 33.0 Å². The molecule has 0 saturated heterocycles. The summed E-state index contributed by atoms with van der Waals surface area (Å²) in [5.74, 6) is -2.51. The SMILES string of the molecule is CCOc1ccc(C2C(C(=O)OCCOC)=C(C)NC3=C2C(=O)C(C(=O)OC)C(C)C3)cc1OC. The van der Waals surface area contributed by atoms with E-state index in [1.807, 2.05) is 13.8 Å². The van der Waals surface area contributed by atoms with Crippen LogP contribution in [-0.4, -0.2) is 58.9 Å². The van der Waals surface area contributed by atoms with Crippen LogP contribution in [0.25, 0.3) is 0 Å². The van der Waals surface area contributed by atoms with Crippen molar-refractivity contribution in [1.29, 1.82) is 0 Å². The third-order valence-electron chi connectivity index (χ3n) is 6.30. The van der Waals surface area contributed by atoms with Crippen molar-refractivity contribution < 1.29 is 38.1 Å². The van der Waals surface area contributed by atoms with Crippen molar-refractivity contribution in [2.75, 3.05) is 41.2 Å². The summed E-state index contributed by atoms with van der Waals surface area (Å²) >= 11 is 0. The molecule has 0 saturated carbocycles. The van der Waals surface area contributed by atoms with Gasteiger partial charge in [-0.1, -0.05) is 13.0 Å². The number of Topliss-reactive ketones (excluding diaryl/α,β-unsaturated/α-hetero) is 1. The van der Waals surface area contributed by atoms with Crippen LogP contribution in [-0.2, 0) is 28.6 Å².